The summed E-state index contributed by atoms with van der Waals surface area (Å²) in [5.41, 5.74) is 0.686. The van der Waals surface area contributed by atoms with Crippen molar-refractivity contribution in [2.75, 3.05) is 33.4 Å². The summed E-state index contributed by atoms with van der Waals surface area (Å²) in [6, 6.07) is 7.47. The summed E-state index contributed by atoms with van der Waals surface area (Å²) in [6.07, 6.45) is -0.576. The van der Waals surface area contributed by atoms with Gasteiger partial charge >= 0.3 is 6.18 Å². The van der Waals surface area contributed by atoms with E-state index < -0.39 is 21.8 Å². The molecule has 3 aromatic rings. The average Bonchev–Trinajstić information content (AvgIpc) is 3.18. The molecule has 0 fully saturated rings. The van der Waals surface area contributed by atoms with Crippen LogP contribution in [0.3, 0.4) is 0 Å². The number of hydrogen-bond acceptors (Lipinski definition) is 5. The van der Waals surface area contributed by atoms with Crippen molar-refractivity contribution in [1.29, 1.82) is 0 Å². The van der Waals surface area contributed by atoms with Crippen LogP contribution in [0, 0.1) is 0 Å². The molecule has 2 aromatic carbocycles. The molecule has 6 nitrogen and oxygen atoms in total. The van der Waals surface area contributed by atoms with Gasteiger partial charge < -0.3 is 14.4 Å². The van der Waals surface area contributed by atoms with Gasteiger partial charge in [-0.05, 0) is 49.4 Å². The van der Waals surface area contributed by atoms with Gasteiger partial charge in [0.1, 0.15) is 13.2 Å². The summed E-state index contributed by atoms with van der Waals surface area (Å²) >= 11 is 0. The topological polar surface area (TPSA) is 60.8 Å². The van der Waals surface area contributed by atoms with Crippen LogP contribution in [0.5, 0.6) is 11.5 Å². The third-order valence-electron chi connectivity index (χ3n) is 5.93. The fourth-order valence-corrected chi connectivity index (χ4v) is 5.53. The van der Waals surface area contributed by atoms with E-state index in [2.05, 4.69) is 4.90 Å². The quantitative estimate of drug-likeness (QED) is 0.559. The molecule has 0 atom stereocenters. The molecular formula is C23H21F3N2O4S. The minimum absolute atomic E-state index is 0.0348. The number of hydrogen-bond donors (Lipinski definition) is 0. The first-order valence-corrected chi connectivity index (χ1v) is 11.8. The molecule has 0 saturated heterocycles. The maximum Gasteiger partial charge on any atom is 0.416 e. The van der Waals surface area contributed by atoms with E-state index in [1.54, 1.807) is 0 Å². The van der Waals surface area contributed by atoms with Crippen molar-refractivity contribution in [3.63, 3.8) is 0 Å². The number of halogens is 3. The molecule has 3 heterocycles. The van der Waals surface area contributed by atoms with E-state index in [1.807, 2.05) is 13.1 Å². The van der Waals surface area contributed by atoms with Crippen molar-refractivity contribution in [1.82, 2.24) is 8.87 Å². The van der Waals surface area contributed by atoms with Gasteiger partial charge in [-0.15, -0.1) is 0 Å². The molecule has 0 saturated carbocycles. The molecule has 0 N–H and O–H groups in total. The summed E-state index contributed by atoms with van der Waals surface area (Å²) in [5, 5.41) is 0.252. The van der Waals surface area contributed by atoms with E-state index in [0.717, 1.165) is 28.2 Å². The predicted molar refractivity (Wildman–Crippen MR) is 117 cm³/mol. The lowest BCUT2D eigenvalue weighted by Crippen LogP contribution is -2.23. The first kappa shape index (κ1) is 21.8. The van der Waals surface area contributed by atoms with Gasteiger partial charge in [0.2, 0.25) is 0 Å². The van der Waals surface area contributed by atoms with Crippen molar-refractivity contribution >= 4 is 26.5 Å². The van der Waals surface area contributed by atoms with E-state index in [0.29, 0.717) is 43.2 Å². The van der Waals surface area contributed by atoms with Crippen LogP contribution >= 0.6 is 0 Å². The molecule has 10 heteroatoms. The van der Waals surface area contributed by atoms with E-state index in [-0.39, 0.29) is 15.8 Å². The summed E-state index contributed by atoms with van der Waals surface area (Å²) in [7, 11) is -2.16. The van der Waals surface area contributed by atoms with Crippen molar-refractivity contribution in [3.8, 4) is 11.5 Å². The molecule has 0 amide bonds. The highest BCUT2D eigenvalue weighted by atomic mass is 32.2. The summed E-state index contributed by atoms with van der Waals surface area (Å²) in [4.78, 5) is 2.04. The zero-order valence-electron chi connectivity index (χ0n) is 17.7. The Hall–Kier alpha value is -2.98. The number of aromatic nitrogens is 1. The molecule has 0 bridgehead atoms. The smallest absolute Gasteiger partial charge is 0.416 e. The first-order chi connectivity index (χ1) is 15.6. The lowest BCUT2D eigenvalue weighted by molar-refractivity contribution is -0.137. The van der Waals surface area contributed by atoms with E-state index in [1.165, 1.54) is 30.5 Å². The van der Waals surface area contributed by atoms with Gasteiger partial charge in [-0.2, -0.15) is 13.2 Å². The number of benzene rings is 2. The molecule has 174 valence electrons. The van der Waals surface area contributed by atoms with Crippen LogP contribution in [0.2, 0.25) is 0 Å². The first-order valence-electron chi connectivity index (χ1n) is 10.4. The second-order valence-corrected chi connectivity index (χ2v) is 9.94. The zero-order valence-corrected chi connectivity index (χ0v) is 18.5. The SMILES string of the molecule is CN1CC=C(c2cn(S(=O)(=O)c3ccc4c(c3)OCCO4)c3ccc(C(F)(F)F)cc23)CC1. The highest BCUT2D eigenvalue weighted by Crippen LogP contribution is 2.38. The number of nitrogens with zero attached hydrogens (tertiary/aromatic N) is 2. The molecule has 2 aliphatic heterocycles. The molecule has 1 aromatic heterocycles. The van der Waals surface area contributed by atoms with Crippen LogP contribution in [-0.4, -0.2) is 50.6 Å². The van der Waals surface area contributed by atoms with Crippen molar-refractivity contribution in [2.24, 2.45) is 0 Å². The summed E-state index contributed by atoms with van der Waals surface area (Å²) < 4.78 is 79.5. The van der Waals surface area contributed by atoms with Crippen LogP contribution in [0.4, 0.5) is 13.2 Å². The average molecular weight is 478 g/mol. The van der Waals surface area contributed by atoms with Crippen LogP contribution in [0.15, 0.2) is 53.6 Å². The van der Waals surface area contributed by atoms with E-state index in [4.69, 9.17) is 9.47 Å². The Morgan fingerprint density at radius 3 is 2.45 bits per heavy atom. The highest BCUT2D eigenvalue weighted by Gasteiger charge is 2.32. The van der Waals surface area contributed by atoms with Gasteiger partial charge in [-0.25, -0.2) is 12.4 Å². The molecule has 0 radical (unpaired) electrons. The van der Waals surface area contributed by atoms with Gasteiger partial charge in [0, 0.05) is 36.3 Å². The fourth-order valence-electron chi connectivity index (χ4n) is 4.14. The lowest BCUT2D eigenvalue weighted by Gasteiger charge is -2.21. The summed E-state index contributed by atoms with van der Waals surface area (Å²) in [5.74, 6) is 0.765. The molecular weight excluding hydrogens is 457 g/mol. The number of ether oxygens (including phenoxy) is 2. The molecule has 0 unspecified atom stereocenters. The molecule has 0 aliphatic carbocycles. The van der Waals surface area contributed by atoms with Crippen molar-refractivity contribution in [3.05, 3.63) is 59.8 Å². The zero-order chi connectivity index (χ0) is 23.4. The van der Waals surface area contributed by atoms with Crippen molar-refractivity contribution in [2.45, 2.75) is 17.5 Å². The minimum Gasteiger partial charge on any atom is -0.486 e. The van der Waals surface area contributed by atoms with Gasteiger partial charge in [0.25, 0.3) is 10.0 Å². The van der Waals surface area contributed by atoms with Crippen LogP contribution in [0.25, 0.3) is 16.5 Å². The Labute approximate surface area is 188 Å². The molecule has 2 aliphatic rings. The third kappa shape index (κ3) is 3.87. The summed E-state index contributed by atoms with van der Waals surface area (Å²) in [6.45, 7) is 2.04. The van der Waals surface area contributed by atoms with Gasteiger partial charge in [-0.3, -0.25) is 0 Å². The molecule has 0 spiro atoms. The Balaban J connectivity index is 1.69. The van der Waals surface area contributed by atoms with Gasteiger partial charge in [-0.1, -0.05) is 6.08 Å². The maximum atomic E-state index is 13.6. The normalized spacial score (nSPS) is 17.3. The third-order valence-corrected chi connectivity index (χ3v) is 7.60. The standard InChI is InChI=1S/C23H21F3N2O4S/c1-27-8-6-15(7-9-27)19-14-28(20-4-2-16(12-18(19)20)23(24,25)26)33(29,30)17-3-5-21-22(13-17)32-11-10-31-21/h2-6,12-14H,7-11H2,1H3. The van der Waals surface area contributed by atoms with E-state index in [9.17, 15) is 21.6 Å². The predicted octanol–water partition coefficient (Wildman–Crippen LogP) is 4.39. The minimum atomic E-state index is -4.54. The number of likely N-dealkylation sites (N-methyl/N-ethyl adjacent to an activating group) is 1. The second kappa shape index (κ2) is 7.81. The van der Waals surface area contributed by atoms with Gasteiger partial charge in [0.15, 0.2) is 11.5 Å². The van der Waals surface area contributed by atoms with E-state index >= 15 is 0 Å². The lowest BCUT2D eigenvalue weighted by atomic mass is 9.98. The molecule has 33 heavy (non-hydrogen) atoms. The molecule has 5 rings (SSSR count). The van der Waals surface area contributed by atoms with Crippen LogP contribution < -0.4 is 9.47 Å². The highest BCUT2D eigenvalue weighted by molar-refractivity contribution is 7.90. The van der Waals surface area contributed by atoms with Crippen LogP contribution in [0.1, 0.15) is 17.5 Å². The van der Waals surface area contributed by atoms with Crippen LogP contribution in [-0.2, 0) is 16.2 Å². The number of fused-ring (bicyclic) bond motifs is 2. The number of rotatable bonds is 3. The maximum absolute atomic E-state index is 13.6. The fraction of sp³-hybridized carbons (Fsp3) is 0.304. The Morgan fingerprint density at radius 1 is 1.00 bits per heavy atom. The monoisotopic (exact) mass is 478 g/mol. The van der Waals surface area contributed by atoms with Crippen molar-refractivity contribution < 1.29 is 31.1 Å². The Morgan fingerprint density at radius 2 is 1.76 bits per heavy atom. The van der Waals surface area contributed by atoms with Gasteiger partial charge in [0.05, 0.1) is 16.0 Å². The second-order valence-electron chi connectivity index (χ2n) is 8.12. The Bertz CT molecular complexity index is 1380. The Kier molecular flexibility index (Phi) is 5.17. The number of alkyl halides is 3. The largest absolute Gasteiger partial charge is 0.486 e.